The zero-order valence-corrected chi connectivity index (χ0v) is 16.6. The van der Waals surface area contributed by atoms with E-state index in [4.69, 9.17) is 0 Å². The third kappa shape index (κ3) is 4.85. The summed E-state index contributed by atoms with van der Waals surface area (Å²) < 4.78 is 25.2. The maximum Gasteiger partial charge on any atom is 0.223 e. The monoisotopic (exact) mass is 387 g/mol. The van der Waals surface area contributed by atoms with Crippen LogP contribution < -0.4 is 5.32 Å². The van der Waals surface area contributed by atoms with Gasteiger partial charge in [-0.05, 0) is 40.1 Å². The molecule has 0 aliphatic heterocycles. The van der Waals surface area contributed by atoms with E-state index in [0.717, 1.165) is 22.7 Å². The third-order valence-electron chi connectivity index (χ3n) is 3.24. The minimum atomic E-state index is -3.26. The third-order valence-corrected chi connectivity index (χ3v) is 7.69. The lowest BCUT2D eigenvalue weighted by Gasteiger charge is -2.08. The predicted molar refractivity (Wildman–Crippen MR) is 99.7 cm³/mol. The molecule has 1 amide bonds. The predicted octanol–water partition coefficient (Wildman–Crippen LogP) is 2.86. The number of anilines is 1. The smallest absolute Gasteiger partial charge is 0.223 e. The molecule has 0 saturated heterocycles. The summed E-state index contributed by atoms with van der Waals surface area (Å²) in [5.41, 5.74) is 1.61. The Kier molecular flexibility index (Phi) is 6.13. The minimum absolute atomic E-state index is 0.143. The van der Waals surface area contributed by atoms with Gasteiger partial charge in [-0.2, -0.15) is 0 Å². The van der Waals surface area contributed by atoms with Crippen molar-refractivity contribution in [3.8, 4) is 10.4 Å². The van der Waals surface area contributed by atoms with Crippen LogP contribution in [-0.4, -0.2) is 50.6 Å². The van der Waals surface area contributed by atoms with Crippen molar-refractivity contribution >= 4 is 43.5 Å². The lowest BCUT2D eigenvalue weighted by atomic mass is 10.2. The highest BCUT2D eigenvalue weighted by Gasteiger charge is 2.19. The molecule has 0 aliphatic rings. The molecule has 24 heavy (non-hydrogen) atoms. The molecule has 0 aromatic carbocycles. The Morgan fingerprint density at radius 1 is 1.38 bits per heavy atom. The fraction of sp³-hybridized carbons (Fsp3) is 0.467. The van der Waals surface area contributed by atoms with Crippen LogP contribution in [0.4, 0.5) is 5.13 Å². The molecular formula is C15H21N3O3S3. The fourth-order valence-electron chi connectivity index (χ4n) is 2.14. The molecule has 0 radical (unpaired) electrons. The topological polar surface area (TPSA) is 79.4 Å². The molecule has 6 nitrogen and oxygen atoms in total. The van der Waals surface area contributed by atoms with E-state index in [9.17, 15) is 13.2 Å². The standard InChI is InChI=1S/C15H21N3O3S3/c1-10-14(23-15(16-10)17-11(2)19)12-8-13(22-9-12)24(20,21)7-5-6-18(3)4/h8-9H,5-7H2,1-4H3,(H,16,17,19). The van der Waals surface area contributed by atoms with E-state index in [0.29, 0.717) is 15.8 Å². The van der Waals surface area contributed by atoms with Gasteiger partial charge in [0.15, 0.2) is 15.0 Å². The van der Waals surface area contributed by atoms with Crippen LogP contribution in [0.2, 0.25) is 0 Å². The number of amides is 1. The largest absolute Gasteiger partial charge is 0.309 e. The first-order chi connectivity index (χ1) is 11.2. The molecule has 132 valence electrons. The highest BCUT2D eigenvalue weighted by molar-refractivity contribution is 7.93. The number of thiophene rings is 1. The second kappa shape index (κ2) is 7.73. The Morgan fingerprint density at radius 3 is 2.71 bits per heavy atom. The van der Waals surface area contributed by atoms with Gasteiger partial charge in [0.25, 0.3) is 0 Å². The van der Waals surface area contributed by atoms with Crippen molar-refractivity contribution in [1.29, 1.82) is 0 Å². The summed E-state index contributed by atoms with van der Waals surface area (Å²) in [5, 5.41) is 5.02. The molecular weight excluding hydrogens is 366 g/mol. The number of sulfone groups is 1. The fourth-order valence-corrected chi connectivity index (χ4v) is 5.83. The second-order valence-corrected chi connectivity index (χ2v) is 9.99. The Bertz CT molecular complexity index is 822. The van der Waals surface area contributed by atoms with Crippen LogP contribution >= 0.6 is 22.7 Å². The van der Waals surface area contributed by atoms with Gasteiger partial charge in [-0.3, -0.25) is 4.79 Å². The van der Waals surface area contributed by atoms with Crippen LogP contribution in [-0.2, 0) is 14.6 Å². The molecule has 1 N–H and O–H groups in total. The van der Waals surface area contributed by atoms with Crippen LogP contribution in [0.25, 0.3) is 10.4 Å². The van der Waals surface area contributed by atoms with Crippen molar-refractivity contribution in [2.24, 2.45) is 0 Å². The molecule has 0 saturated carbocycles. The van der Waals surface area contributed by atoms with Gasteiger partial charge in [0.2, 0.25) is 5.91 Å². The maximum atomic E-state index is 12.4. The van der Waals surface area contributed by atoms with Crippen LogP contribution in [0.1, 0.15) is 19.0 Å². The van der Waals surface area contributed by atoms with Gasteiger partial charge in [-0.15, -0.1) is 11.3 Å². The van der Waals surface area contributed by atoms with E-state index in [-0.39, 0.29) is 11.7 Å². The summed E-state index contributed by atoms with van der Waals surface area (Å²) in [7, 11) is 0.590. The number of aromatic nitrogens is 1. The van der Waals surface area contributed by atoms with Crippen LogP contribution in [0.15, 0.2) is 15.7 Å². The molecule has 0 unspecified atom stereocenters. The molecule has 2 aromatic rings. The zero-order chi connectivity index (χ0) is 17.9. The summed E-state index contributed by atoms with van der Waals surface area (Å²) in [6.07, 6.45) is 0.606. The SMILES string of the molecule is CC(=O)Nc1nc(C)c(-c2csc(S(=O)(=O)CCCN(C)C)c2)s1. The molecule has 0 spiro atoms. The Morgan fingerprint density at radius 2 is 2.08 bits per heavy atom. The number of carbonyl (C=O) groups is 1. The first-order valence-electron chi connectivity index (χ1n) is 7.40. The summed E-state index contributed by atoms with van der Waals surface area (Å²) >= 11 is 2.58. The van der Waals surface area contributed by atoms with Gasteiger partial charge in [-0.25, -0.2) is 13.4 Å². The summed E-state index contributed by atoms with van der Waals surface area (Å²) in [6.45, 7) is 4.02. The molecule has 2 rings (SSSR count). The van der Waals surface area contributed by atoms with E-state index in [1.54, 1.807) is 6.07 Å². The zero-order valence-electron chi connectivity index (χ0n) is 14.1. The van der Waals surface area contributed by atoms with Gasteiger partial charge in [0, 0.05) is 17.9 Å². The number of aryl methyl sites for hydroxylation is 1. The Hall–Kier alpha value is -1.29. The minimum Gasteiger partial charge on any atom is -0.309 e. The van der Waals surface area contributed by atoms with E-state index < -0.39 is 9.84 Å². The Balaban J connectivity index is 2.18. The van der Waals surface area contributed by atoms with E-state index in [1.165, 1.54) is 29.6 Å². The molecule has 0 aliphatic carbocycles. The summed E-state index contributed by atoms with van der Waals surface area (Å²) in [6, 6.07) is 1.70. The van der Waals surface area contributed by atoms with Crippen LogP contribution in [0, 0.1) is 6.92 Å². The lowest BCUT2D eigenvalue weighted by Crippen LogP contribution is -2.16. The highest BCUT2D eigenvalue weighted by atomic mass is 32.2. The number of rotatable bonds is 7. The maximum absolute atomic E-state index is 12.4. The van der Waals surface area contributed by atoms with Crippen molar-refractivity contribution in [2.45, 2.75) is 24.5 Å². The number of nitrogens with zero attached hydrogens (tertiary/aromatic N) is 2. The number of carbonyl (C=O) groups excluding carboxylic acids is 1. The first-order valence-corrected chi connectivity index (χ1v) is 10.8. The lowest BCUT2D eigenvalue weighted by molar-refractivity contribution is -0.114. The van der Waals surface area contributed by atoms with E-state index >= 15 is 0 Å². The molecule has 0 atom stereocenters. The van der Waals surface area contributed by atoms with Crippen LogP contribution in [0.3, 0.4) is 0 Å². The molecule has 0 bridgehead atoms. The van der Waals surface area contributed by atoms with Crippen molar-refractivity contribution in [3.63, 3.8) is 0 Å². The number of hydrogen-bond acceptors (Lipinski definition) is 7. The quantitative estimate of drug-likeness (QED) is 0.790. The average Bonchev–Trinajstić information content (AvgIpc) is 3.04. The molecule has 0 fully saturated rings. The summed E-state index contributed by atoms with van der Waals surface area (Å²) in [4.78, 5) is 18.3. The number of thiazole rings is 1. The van der Waals surface area contributed by atoms with Gasteiger partial charge in [0.1, 0.15) is 4.21 Å². The average molecular weight is 388 g/mol. The normalized spacial score (nSPS) is 11.9. The molecule has 2 aromatic heterocycles. The van der Waals surface area contributed by atoms with Crippen molar-refractivity contribution in [2.75, 3.05) is 31.7 Å². The molecule has 9 heteroatoms. The van der Waals surface area contributed by atoms with E-state index in [2.05, 4.69) is 10.3 Å². The number of nitrogens with one attached hydrogen (secondary N) is 1. The molecule has 2 heterocycles. The van der Waals surface area contributed by atoms with E-state index in [1.807, 2.05) is 31.3 Å². The van der Waals surface area contributed by atoms with Gasteiger partial charge in [-0.1, -0.05) is 11.3 Å². The van der Waals surface area contributed by atoms with Crippen molar-refractivity contribution < 1.29 is 13.2 Å². The van der Waals surface area contributed by atoms with Crippen molar-refractivity contribution in [1.82, 2.24) is 9.88 Å². The summed E-state index contributed by atoms with van der Waals surface area (Å²) in [5.74, 6) is -0.0333. The van der Waals surface area contributed by atoms with Gasteiger partial charge in [0.05, 0.1) is 16.3 Å². The van der Waals surface area contributed by atoms with Gasteiger partial charge >= 0.3 is 0 Å². The highest BCUT2D eigenvalue weighted by Crippen LogP contribution is 2.36. The number of hydrogen-bond donors (Lipinski definition) is 1. The van der Waals surface area contributed by atoms with Crippen molar-refractivity contribution in [3.05, 3.63) is 17.1 Å². The Labute approximate surface area is 150 Å². The van der Waals surface area contributed by atoms with Crippen LogP contribution in [0.5, 0.6) is 0 Å². The second-order valence-electron chi connectivity index (χ2n) is 5.74. The first kappa shape index (κ1) is 19.0. The van der Waals surface area contributed by atoms with Gasteiger partial charge < -0.3 is 10.2 Å².